The number of amides is 1. The molecule has 1 amide bonds. The summed E-state index contributed by atoms with van der Waals surface area (Å²) in [5, 5.41) is 0. The second kappa shape index (κ2) is 9.72. The van der Waals surface area contributed by atoms with Gasteiger partial charge in [-0.05, 0) is 67.6 Å². The van der Waals surface area contributed by atoms with Crippen LogP contribution in [0, 0.1) is 13.8 Å². The van der Waals surface area contributed by atoms with Crippen LogP contribution in [0.3, 0.4) is 0 Å². The molecule has 0 aromatic heterocycles. The molecule has 9 heteroatoms. The van der Waals surface area contributed by atoms with Crippen LogP contribution in [0.25, 0.3) is 0 Å². The van der Waals surface area contributed by atoms with Crippen LogP contribution in [0.5, 0.6) is 5.75 Å². The number of thioether (sulfide) groups is 1. The van der Waals surface area contributed by atoms with Gasteiger partial charge in [0.05, 0.1) is 23.8 Å². The van der Waals surface area contributed by atoms with Crippen LogP contribution in [0.15, 0.2) is 46.2 Å². The first-order valence-corrected chi connectivity index (χ1v) is 12.3. The Morgan fingerprint density at radius 2 is 1.73 bits per heavy atom. The molecule has 7 nitrogen and oxygen atoms in total. The lowest BCUT2D eigenvalue weighted by Gasteiger charge is -2.26. The molecule has 3 rings (SSSR count). The Morgan fingerprint density at radius 1 is 1.13 bits per heavy atom. The molecule has 0 unspecified atom stereocenters. The summed E-state index contributed by atoms with van der Waals surface area (Å²) in [6.07, 6.45) is 1.94. The second-order valence-electron chi connectivity index (χ2n) is 6.99. The normalized spacial score (nSPS) is 14.4. The minimum absolute atomic E-state index is 0.0637. The number of hydrogen-bond donors (Lipinski definition) is 1. The summed E-state index contributed by atoms with van der Waals surface area (Å²) in [4.78, 5) is 15.2. The van der Waals surface area contributed by atoms with E-state index in [1.807, 2.05) is 6.26 Å². The molecule has 1 heterocycles. The number of sulfonamides is 1. The molecule has 1 saturated heterocycles. The Kier molecular flexibility index (Phi) is 7.27. The highest BCUT2D eigenvalue weighted by atomic mass is 32.2. The molecule has 0 bridgehead atoms. The number of benzene rings is 2. The van der Waals surface area contributed by atoms with E-state index < -0.39 is 10.0 Å². The Bertz CT molecular complexity index is 978. The number of carbonyl (C=O) groups is 1. The van der Waals surface area contributed by atoms with Gasteiger partial charge in [-0.3, -0.25) is 9.52 Å². The van der Waals surface area contributed by atoms with Gasteiger partial charge in [0.15, 0.2) is 6.61 Å². The first-order valence-electron chi connectivity index (χ1n) is 9.56. The van der Waals surface area contributed by atoms with Gasteiger partial charge in [0, 0.05) is 18.0 Å². The monoisotopic (exact) mass is 450 g/mol. The summed E-state index contributed by atoms with van der Waals surface area (Å²) in [6, 6.07) is 10.2. The van der Waals surface area contributed by atoms with Crippen LogP contribution < -0.4 is 9.46 Å². The fourth-order valence-corrected chi connectivity index (χ4v) is 4.78. The Balaban J connectivity index is 1.70. The molecule has 1 aliphatic rings. The molecule has 0 atom stereocenters. The Labute approximate surface area is 181 Å². The van der Waals surface area contributed by atoms with Crippen molar-refractivity contribution in [3.63, 3.8) is 0 Å². The number of nitrogens with one attached hydrogen (secondary N) is 1. The summed E-state index contributed by atoms with van der Waals surface area (Å²) < 4.78 is 39.1. The van der Waals surface area contributed by atoms with Crippen molar-refractivity contribution >= 4 is 33.4 Å². The van der Waals surface area contributed by atoms with Gasteiger partial charge in [-0.15, -0.1) is 11.8 Å². The third kappa shape index (κ3) is 5.47. The topological polar surface area (TPSA) is 84.9 Å². The minimum atomic E-state index is -3.71. The fraction of sp³-hybridized carbons (Fsp3) is 0.381. The molecule has 1 N–H and O–H groups in total. The van der Waals surface area contributed by atoms with Crippen molar-refractivity contribution in [1.82, 2.24) is 4.90 Å². The number of hydrogen-bond acceptors (Lipinski definition) is 6. The van der Waals surface area contributed by atoms with Crippen LogP contribution in [0.1, 0.15) is 11.1 Å². The number of ether oxygens (including phenoxy) is 2. The summed E-state index contributed by atoms with van der Waals surface area (Å²) in [5.41, 5.74) is 1.94. The largest absolute Gasteiger partial charge is 0.484 e. The number of carbonyl (C=O) groups excluding carboxylic acids is 1. The first-order chi connectivity index (χ1) is 14.3. The highest BCUT2D eigenvalue weighted by Crippen LogP contribution is 2.29. The molecule has 162 valence electrons. The van der Waals surface area contributed by atoms with Gasteiger partial charge in [0.25, 0.3) is 15.9 Å². The van der Waals surface area contributed by atoms with Crippen molar-refractivity contribution < 1.29 is 22.7 Å². The van der Waals surface area contributed by atoms with Gasteiger partial charge >= 0.3 is 0 Å². The standard InChI is InChI=1S/C21H26N2O5S2/c1-15-12-17(28-14-20(24)23-8-10-27-11-9-23)13-16(2)21(15)22-30(25,26)19-6-4-18(29-3)5-7-19/h4-7,12-13,22H,8-11,14H2,1-3H3. The Hall–Kier alpha value is -2.23. The summed E-state index contributed by atoms with van der Waals surface area (Å²) in [7, 11) is -3.71. The van der Waals surface area contributed by atoms with Gasteiger partial charge < -0.3 is 14.4 Å². The van der Waals surface area contributed by atoms with Crippen LogP contribution in [0.2, 0.25) is 0 Å². The lowest BCUT2D eigenvalue weighted by atomic mass is 10.1. The predicted octanol–water partition coefficient (Wildman–Crippen LogP) is 3.06. The van der Waals surface area contributed by atoms with Gasteiger partial charge in [0.2, 0.25) is 0 Å². The molecule has 1 fully saturated rings. The van der Waals surface area contributed by atoms with Crippen molar-refractivity contribution in [1.29, 1.82) is 0 Å². The molecule has 0 aliphatic carbocycles. The maximum absolute atomic E-state index is 12.8. The van der Waals surface area contributed by atoms with E-state index in [1.54, 1.807) is 66.9 Å². The van der Waals surface area contributed by atoms with E-state index in [4.69, 9.17) is 9.47 Å². The molecule has 1 aliphatic heterocycles. The van der Waals surface area contributed by atoms with Crippen molar-refractivity contribution in [3.05, 3.63) is 47.5 Å². The van der Waals surface area contributed by atoms with Crippen molar-refractivity contribution in [2.45, 2.75) is 23.6 Å². The van der Waals surface area contributed by atoms with Crippen molar-refractivity contribution in [2.24, 2.45) is 0 Å². The van der Waals surface area contributed by atoms with Crippen molar-refractivity contribution in [3.8, 4) is 5.75 Å². The zero-order valence-corrected chi connectivity index (χ0v) is 18.9. The highest BCUT2D eigenvalue weighted by Gasteiger charge is 2.19. The molecule has 0 spiro atoms. The smallest absolute Gasteiger partial charge is 0.261 e. The van der Waals surface area contributed by atoms with Crippen LogP contribution in [-0.4, -0.2) is 58.4 Å². The lowest BCUT2D eigenvalue weighted by molar-refractivity contribution is -0.137. The van der Waals surface area contributed by atoms with E-state index in [1.165, 1.54) is 0 Å². The third-order valence-electron chi connectivity index (χ3n) is 4.84. The molecular formula is C21H26N2O5S2. The van der Waals surface area contributed by atoms with E-state index in [0.29, 0.717) is 48.9 Å². The fourth-order valence-electron chi connectivity index (χ4n) is 3.17. The van der Waals surface area contributed by atoms with Gasteiger partial charge in [0.1, 0.15) is 5.75 Å². The first kappa shape index (κ1) is 22.5. The third-order valence-corrected chi connectivity index (χ3v) is 6.95. The van der Waals surface area contributed by atoms with Crippen molar-refractivity contribution in [2.75, 3.05) is 43.9 Å². The number of nitrogens with zero attached hydrogens (tertiary/aromatic N) is 1. The highest BCUT2D eigenvalue weighted by molar-refractivity contribution is 7.98. The van der Waals surface area contributed by atoms with Crippen LogP contribution in [-0.2, 0) is 19.6 Å². The van der Waals surface area contributed by atoms with Crippen LogP contribution in [0.4, 0.5) is 5.69 Å². The molecule has 0 radical (unpaired) electrons. The quantitative estimate of drug-likeness (QED) is 0.653. The summed E-state index contributed by atoms with van der Waals surface area (Å²) in [5.74, 6) is 0.436. The molecule has 30 heavy (non-hydrogen) atoms. The molecule has 2 aromatic rings. The second-order valence-corrected chi connectivity index (χ2v) is 9.56. The average Bonchev–Trinajstić information content (AvgIpc) is 2.75. The maximum Gasteiger partial charge on any atom is 0.261 e. The number of anilines is 1. The van der Waals surface area contributed by atoms with E-state index in [9.17, 15) is 13.2 Å². The van der Waals surface area contributed by atoms with E-state index in [2.05, 4.69) is 4.72 Å². The van der Waals surface area contributed by atoms with Crippen LogP contribution >= 0.6 is 11.8 Å². The molecule has 0 saturated carbocycles. The average molecular weight is 451 g/mol. The minimum Gasteiger partial charge on any atom is -0.484 e. The zero-order chi connectivity index (χ0) is 21.7. The zero-order valence-electron chi connectivity index (χ0n) is 17.3. The number of rotatable bonds is 7. The van der Waals surface area contributed by atoms with E-state index >= 15 is 0 Å². The predicted molar refractivity (Wildman–Crippen MR) is 118 cm³/mol. The maximum atomic E-state index is 12.8. The summed E-state index contributed by atoms with van der Waals surface area (Å²) >= 11 is 1.55. The number of morpholine rings is 1. The van der Waals surface area contributed by atoms with Gasteiger partial charge in [-0.2, -0.15) is 0 Å². The summed E-state index contributed by atoms with van der Waals surface area (Å²) in [6.45, 7) is 5.76. The van der Waals surface area contributed by atoms with Gasteiger partial charge in [-0.1, -0.05) is 0 Å². The SMILES string of the molecule is CSc1ccc(S(=O)(=O)Nc2c(C)cc(OCC(=O)N3CCOCC3)cc2C)cc1. The lowest BCUT2D eigenvalue weighted by Crippen LogP contribution is -2.42. The molecular weight excluding hydrogens is 424 g/mol. The molecule has 2 aromatic carbocycles. The number of aryl methyl sites for hydroxylation is 2. The van der Waals surface area contributed by atoms with E-state index in [0.717, 1.165) is 4.90 Å². The van der Waals surface area contributed by atoms with Gasteiger partial charge in [-0.25, -0.2) is 8.42 Å². The Morgan fingerprint density at radius 3 is 2.30 bits per heavy atom. The van der Waals surface area contributed by atoms with E-state index in [-0.39, 0.29) is 17.4 Å².